The fourth-order valence-corrected chi connectivity index (χ4v) is 2.71. The van der Waals surface area contributed by atoms with E-state index >= 15 is 0 Å². The molecule has 0 aromatic carbocycles. The van der Waals surface area contributed by atoms with E-state index in [0.717, 1.165) is 25.9 Å². The predicted molar refractivity (Wildman–Crippen MR) is 80.4 cm³/mol. The predicted octanol–water partition coefficient (Wildman–Crippen LogP) is 1.23. The van der Waals surface area contributed by atoms with Gasteiger partial charge in [0, 0.05) is 26.2 Å². The highest BCUT2D eigenvalue weighted by Gasteiger charge is 2.26. The summed E-state index contributed by atoms with van der Waals surface area (Å²) in [5.74, 6) is 0.178. The second-order valence-corrected chi connectivity index (χ2v) is 5.51. The molecule has 0 aromatic heterocycles. The minimum Gasteiger partial charge on any atom is -0.342 e. The lowest BCUT2D eigenvalue weighted by Gasteiger charge is -2.31. The number of carbonyl (C=O) groups excluding carboxylic acids is 2. The van der Waals surface area contributed by atoms with Gasteiger partial charge in [0.15, 0.2) is 0 Å². The van der Waals surface area contributed by atoms with E-state index in [2.05, 4.69) is 5.32 Å². The molecular formula is C15H29N3O2. The first-order chi connectivity index (χ1) is 9.51. The van der Waals surface area contributed by atoms with Gasteiger partial charge in [-0.15, -0.1) is 0 Å². The van der Waals surface area contributed by atoms with Crippen LogP contribution in [0.15, 0.2) is 0 Å². The van der Waals surface area contributed by atoms with Crippen molar-refractivity contribution in [1.82, 2.24) is 15.1 Å². The zero-order valence-electron chi connectivity index (χ0n) is 13.3. The fraction of sp³-hybridized carbons (Fsp3) is 0.867. The van der Waals surface area contributed by atoms with Crippen LogP contribution < -0.4 is 5.32 Å². The van der Waals surface area contributed by atoms with E-state index in [4.69, 9.17) is 0 Å². The summed E-state index contributed by atoms with van der Waals surface area (Å²) in [6, 6.07) is -0.624. The van der Waals surface area contributed by atoms with Gasteiger partial charge in [-0.1, -0.05) is 0 Å². The maximum absolute atomic E-state index is 12.3. The molecular weight excluding hydrogens is 254 g/mol. The van der Waals surface area contributed by atoms with E-state index < -0.39 is 0 Å². The molecule has 1 saturated heterocycles. The van der Waals surface area contributed by atoms with Crippen molar-refractivity contribution >= 4 is 11.8 Å². The Morgan fingerprint density at radius 3 is 2.10 bits per heavy atom. The molecule has 2 atom stereocenters. The highest BCUT2D eigenvalue weighted by molar-refractivity contribution is 5.85. The van der Waals surface area contributed by atoms with E-state index in [1.807, 2.05) is 32.6 Å². The van der Waals surface area contributed by atoms with Gasteiger partial charge in [-0.3, -0.25) is 14.9 Å². The first-order valence-electron chi connectivity index (χ1n) is 7.84. The number of likely N-dealkylation sites (N-methyl/N-ethyl adjacent to an activating group) is 1. The van der Waals surface area contributed by atoms with Crippen LogP contribution in [0.3, 0.4) is 0 Å². The van der Waals surface area contributed by atoms with Crippen LogP contribution >= 0.6 is 0 Å². The normalized spacial score (nSPS) is 18.5. The highest BCUT2D eigenvalue weighted by atomic mass is 16.2. The van der Waals surface area contributed by atoms with E-state index in [-0.39, 0.29) is 23.9 Å². The van der Waals surface area contributed by atoms with Crippen LogP contribution in [0, 0.1) is 0 Å². The first-order valence-corrected chi connectivity index (χ1v) is 7.84. The summed E-state index contributed by atoms with van der Waals surface area (Å²) in [6.45, 7) is 10.7. The number of likely N-dealkylation sites (tertiary alicyclic amines) is 1. The molecule has 1 heterocycles. The average Bonchev–Trinajstić information content (AvgIpc) is 2.48. The summed E-state index contributed by atoms with van der Waals surface area (Å²) in [4.78, 5) is 28.2. The maximum atomic E-state index is 12.3. The lowest BCUT2D eigenvalue weighted by molar-refractivity contribution is -0.136. The Morgan fingerprint density at radius 2 is 1.60 bits per heavy atom. The van der Waals surface area contributed by atoms with Gasteiger partial charge in [0.25, 0.3) is 0 Å². The lowest BCUT2D eigenvalue weighted by atomic mass is 10.1. The lowest BCUT2D eigenvalue weighted by Crippen LogP contribution is -2.53. The summed E-state index contributed by atoms with van der Waals surface area (Å²) in [7, 11) is 0. The van der Waals surface area contributed by atoms with Gasteiger partial charge < -0.3 is 9.80 Å². The van der Waals surface area contributed by atoms with Crippen LogP contribution in [0.25, 0.3) is 0 Å². The average molecular weight is 283 g/mol. The zero-order valence-corrected chi connectivity index (χ0v) is 13.3. The summed E-state index contributed by atoms with van der Waals surface area (Å²) in [5, 5.41) is 3.14. The van der Waals surface area contributed by atoms with Gasteiger partial charge in [-0.05, 0) is 47.0 Å². The van der Waals surface area contributed by atoms with Crippen molar-refractivity contribution in [2.24, 2.45) is 0 Å². The number of hydrogen-bond acceptors (Lipinski definition) is 3. The molecule has 5 heteroatoms. The Hall–Kier alpha value is -1.10. The van der Waals surface area contributed by atoms with Gasteiger partial charge in [0.1, 0.15) is 0 Å². The molecule has 1 aliphatic heterocycles. The van der Waals surface area contributed by atoms with Crippen molar-refractivity contribution in [2.75, 3.05) is 26.2 Å². The second kappa shape index (κ2) is 8.25. The smallest absolute Gasteiger partial charge is 0.239 e. The van der Waals surface area contributed by atoms with Crippen LogP contribution in [0.1, 0.15) is 47.0 Å². The molecule has 0 aliphatic carbocycles. The number of nitrogens with one attached hydrogen (secondary N) is 1. The van der Waals surface area contributed by atoms with E-state index in [9.17, 15) is 9.59 Å². The van der Waals surface area contributed by atoms with Gasteiger partial charge in [0.2, 0.25) is 11.8 Å². The molecule has 0 spiro atoms. The third kappa shape index (κ3) is 4.47. The highest BCUT2D eigenvalue weighted by Crippen LogP contribution is 2.10. The van der Waals surface area contributed by atoms with Crippen molar-refractivity contribution in [1.29, 1.82) is 0 Å². The zero-order chi connectivity index (χ0) is 15.1. The summed E-state index contributed by atoms with van der Waals surface area (Å²) < 4.78 is 0. The Kier molecular flexibility index (Phi) is 6.99. The number of rotatable bonds is 6. The Bertz CT molecular complexity index is 323. The van der Waals surface area contributed by atoms with Crippen LogP contribution in [-0.4, -0.2) is 59.9 Å². The molecule has 0 radical (unpaired) electrons. The molecule has 5 nitrogen and oxygen atoms in total. The molecule has 2 unspecified atom stereocenters. The van der Waals surface area contributed by atoms with Crippen molar-refractivity contribution in [2.45, 2.75) is 59.0 Å². The van der Waals surface area contributed by atoms with E-state index in [0.29, 0.717) is 13.1 Å². The van der Waals surface area contributed by atoms with Gasteiger partial charge in [-0.2, -0.15) is 0 Å². The van der Waals surface area contributed by atoms with Gasteiger partial charge >= 0.3 is 0 Å². The van der Waals surface area contributed by atoms with Crippen molar-refractivity contribution in [3.8, 4) is 0 Å². The van der Waals surface area contributed by atoms with Crippen LogP contribution in [0.4, 0.5) is 0 Å². The monoisotopic (exact) mass is 283 g/mol. The Labute approximate surface area is 122 Å². The Morgan fingerprint density at radius 1 is 1.05 bits per heavy atom. The minimum absolute atomic E-state index is 0.0632. The van der Waals surface area contributed by atoms with Crippen molar-refractivity contribution in [3.63, 3.8) is 0 Å². The molecule has 0 saturated carbocycles. The molecule has 1 rings (SSSR count). The van der Waals surface area contributed by atoms with Crippen LogP contribution in [0.5, 0.6) is 0 Å². The SMILES string of the molecule is CCN(CC)C(=O)C(C)NC(C)C(=O)N1CCCCC1. The number of nitrogens with zero attached hydrogens (tertiary/aromatic N) is 2. The first kappa shape index (κ1) is 17.0. The standard InChI is InChI=1S/C15H29N3O2/c1-5-17(6-2)14(19)12(3)16-13(4)15(20)18-10-8-7-9-11-18/h12-13,16H,5-11H2,1-4H3. The molecule has 20 heavy (non-hydrogen) atoms. The number of carbonyl (C=O) groups is 2. The molecule has 1 N–H and O–H groups in total. The third-order valence-corrected chi connectivity index (χ3v) is 3.98. The van der Waals surface area contributed by atoms with Crippen LogP contribution in [0.2, 0.25) is 0 Å². The van der Waals surface area contributed by atoms with E-state index in [1.54, 1.807) is 4.90 Å². The fourth-order valence-electron chi connectivity index (χ4n) is 2.71. The molecule has 0 aromatic rings. The number of hydrogen-bond donors (Lipinski definition) is 1. The topological polar surface area (TPSA) is 52.7 Å². The molecule has 116 valence electrons. The summed E-state index contributed by atoms with van der Waals surface area (Å²) >= 11 is 0. The molecule has 1 aliphatic rings. The molecule has 0 bridgehead atoms. The molecule has 2 amide bonds. The quantitative estimate of drug-likeness (QED) is 0.798. The number of amides is 2. The summed E-state index contributed by atoms with van der Waals surface area (Å²) in [6.07, 6.45) is 3.39. The third-order valence-electron chi connectivity index (χ3n) is 3.98. The Balaban J connectivity index is 2.49. The van der Waals surface area contributed by atoms with Gasteiger partial charge in [0.05, 0.1) is 12.1 Å². The largest absolute Gasteiger partial charge is 0.342 e. The minimum atomic E-state index is -0.321. The van der Waals surface area contributed by atoms with E-state index in [1.165, 1.54) is 6.42 Å². The van der Waals surface area contributed by atoms with Crippen LogP contribution in [-0.2, 0) is 9.59 Å². The van der Waals surface area contributed by atoms with Crippen molar-refractivity contribution < 1.29 is 9.59 Å². The molecule has 1 fully saturated rings. The maximum Gasteiger partial charge on any atom is 0.239 e. The number of piperidine rings is 1. The van der Waals surface area contributed by atoms with Gasteiger partial charge in [-0.25, -0.2) is 0 Å². The van der Waals surface area contributed by atoms with Crippen molar-refractivity contribution in [3.05, 3.63) is 0 Å². The second-order valence-electron chi connectivity index (χ2n) is 5.51. The summed E-state index contributed by atoms with van der Waals surface area (Å²) in [5.41, 5.74) is 0.